The Balaban J connectivity index is 2.13. The van der Waals surface area contributed by atoms with Gasteiger partial charge in [0.25, 0.3) is 0 Å². The van der Waals surface area contributed by atoms with Crippen LogP contribution in [0.3, 0.4) is 0 Å². The van der Waals surface area contributed by atoms with E-state index in [9.17, 15) is 5.11 Å². The molecule has 0 aliphatic carbocycles. The van der Waals surface area contributed by atoms with Crippen LogP contribution >= 0.6 is 0 Å². The topological polar surface area (TPSA) is 64.7 Å². The summed E-state index contributed by atoms with van der Waals surface area (Å²) in [5.41, 5.74) is 6.10. The smallest absolute Gasteiger partial charge is 0.187 e. The molecule has 0 amide bonds. The minimum Gasteiger partial charge on any atom is -0.507 e. The predicted octanol–water partition coefficient (Wildman–Crippen LogP) is 0.765. The minimum absolute atomic E-state index is 0.0698. The van der Waals surface area contributed by atoms with Gasteiger partial charge in [-0.1, -0.05) is 18.2 Å². The van der Waals surface area contributed by atoms with Crippen molar-refractivity contribution in [2.45, 2.75) is 12.4 Å². The zero-order valence-electron chi connectivity index (χ0n) is 7.72. The maximum absolute atomic E-state index is 9.54. The van der Waals surface area contributed by atoms with Crippen LogP contribution < -0.4 is 5.73 Å². The second-order valence-electron chi connectivity index (χ2n) is 3.22. The van der Waals surface area contributed by atoms with Crippen LogP contribution in [0.1, 0.15) is 11.9 Å². The van der Waals surface area contributed by atoms with Gasteiger partial charge >= 0.3 is 0 Å². The summed E-state index contributed by atoms with van der Waals surface area (Å²) in [4.78, 5) is 0. The van der Waals surface area contributed by atoms with E-state index in [-0.39, 0.29) is 11.9 Å². The van der Waals surface area contributed by atoms with Crippen LogP contribution in [0.5, 0.6) is 5.75 Å². The number of phenolic OH excluding ortho intramolecular Hbond substituents is 1. The summed E-state index contributed by atoms with van der Waals surface area (Å²) in [5.74, 6) is 0.190. The molecule has 3 N–H and O–H groups in total. The van der Waals surface area contributed by atoms with Crippen molar-refractivity contribution in [1.29, 1.82) is 0 Å². The molecule has 0 spiro atoms. The lowest BCUT2D eigenvalue weighted by atomic mass is 10.2. The molecule has 4 nitrogen and oxygen atoms in total. The number of benzene rings is 1. The number of rotatable bonds is 2. The van der Waals surface area contributed by atoms with Crippen molar-refractivity contribution in [1.82, 2.24) is 0 Å². The minimum atomic E-state index is -0.482. The van der Waals surface area contributed by atoms with Crippen LogP contribution in [-0.4, -0.2) is 24.4 Å². The number of ether oxygens (including phenoxy) is 2. The molecule has 1 aromatic rings. The first-order valence-electron chi connectivity index (χ1n) is 4.56. The standard InChI is InChI=1S/C10H13NO3/c11-5-7-6-13-10(14-7)8-3-1-2-4-9(8)12/h1-4,7,10,12H,5-6,11H2. The molecule has 76 valence electrons. The molecule has 0 bridgehead atoms. The van der Waals surface area contributed by atoms with Gasteiger partial charge in [0.15, 0.2) is 6.29 Å². The lowest BCUT2D eigenvalue weighted by Gasteiger charge is -2.11. The lowest BCUT2D eigenvalue weighted by molar-refractivity contribution is -0.0597. The average Bonchev–Trinajstić information content (AvgIpc) is 2.67. The Labute approximate surface area is 82.2 Å². The van der Waals surface area contributed by atoms with E-state index < -0.39 is 6.29 Å². The number of para-hydroxylation sites is 1. The Morgan fingerprint density at radius 2 is 2.21 bits per heavy atom. The van der Waals surface area contributed by atoms with E-state index in [1.165, 1.54) is 0 Å². The van der Waals surface area contributed by atoms with E-state index in [4.69, 9.17) is 15.2 Å². The molecule has 1 saturated heterocycles. The summed E-state index contributed by atoms with van der Waals surface area (Å²) in [6.45, 7) is 0.916. The number of phenols is 1. The Bertz CT molecular complexity index is 316. The monoisotopic (exact) mass is 195 g/mol. The van der Waals surface area contributed by atoms with Crippen molar-refractivity contribution in [3.05, 3.63) is 29.8 Å². The summed E-state index contributed by atoms with van der Waals surface area (Å²) in [6, 6.07) is 6.97. The van der Waals surface area contributed by atoms with E-state index >= 15 is 0 Å². The highest BCUT2D eigenvalue weighted by Crippen LogP contribution is 2.31. The first-order valence-corrected chi connectivity index (χ1v) is 4.56. The number of aromatic hydroxyl groups is 1. The third-order valence-corrected chi connectivity index (χ3v) is 2.20. The normalized spacial score (nSPS) is 26.6. The van der Waals surface area contributed by atoms with Crippen LogP contribution in [0.4, 0.5) is 0 Å². The molecule has 1 fully saturated rings. The molecular formula is C10H13NO3. The van der Waals surface area contributed by atoms with Gasteiger partial charge in [0.2, 0.25) is 0 Å². The average molecular weight is 195 g/mol. The van der Waals surface area contributed by atoms with E-state index in [0.717, 1.165) is 0 Å². The zero-order valence-corrected chi connectivity index (χ0v) is 7.72. The van der Waals surface area contributed by atoms with Gasteiger partial charge in [0, 0.05) is 12.1 Å². The van der Waals surface area contributed by atoms with Crippen molar-refractivity contribution < 1.29 is 14.6 Å². The highest BCUT2D eigenvalue weighted by atomic mass is 16.7. The molecular weight excluding hydrogens is 182 g/mol. The van der Waals surface area contributed by atoms with Gasteiger partial charge in [-0.3, -0.25) is 0 Å². The van der Waals surface area contributed by atoms with Crippen LogP contribution in [0.2, 0.25) is 0 Å². The molecule has 1 aliphatic rings. The van der Waals surface area contributed by atoms with Gasteiger partial charge in [-0.2, -0.15) is 0 Å². The molecule has 0 radical (unpaired) electrons. The molecule has 0 saturated carbocycles. The maximum Gasteiger partial charge on any atom is 0.187 e. The van der Waals surface area contributed by atoms with E-state index in [2.05, 4.69) is 0 Å². The quantitative estimate of drug-likeness (QED) is 0.731. The molecule has 1 aliphatic heterocycles. The van der Waals surface area contributed by atoms with Crippen LogP contribution in [0, 0.1) is 0 Å². The summed E-state index contributed by atoms with van der Waals surface area (Å²) in [5, 5.41) is 9.54. The molecule has 14 heavy (non-hydrogen) atoms. The van der Waals surface area contributed by atoms with Crippen LogP contribution in [0.25, 0.3) is 0 Å². The Hall–Kier alpha value is -1.10. The second kappa shape index (κ2) is 3.96. The molecule has 2 atom stereocenters. The molecule has 2 rings (SSSR count). The fourth-order valence-electron chi connectivity index (χ4n) is 1.42. The molecule has 4 heteroatoms. The number of hydrogen-bond acceptors (Lipinski definition) is 4. The summed E-state index contributed by atoms with van der Waals surface area (Å²) < 4.78 is 10.8. The Morgan fingerprint density at radius 1 is 1.43 bits per heavy atom. The number of nitrogens with two attached hydrogens (primary N) is 1. The van der Waals surface area contributed by atoms with Gasteiger partial charge in [-0.15, -0.1) is 0 Å². The Morgan fingerprint density at radius 3 is 2.86 bits per heavy atom. The van der Waals surface area contributed by atoms with Crippen molar-refractivity contribution in [2.24, 2.45) is 5.73 Å². The first kappa shape index (κ1) is 9.45. The SMILES string of the molecule is NCC1COC(c2ccccc2O)O1. The highest BCUT2D eigenvalue weighted by molar-refractivity contribution is 5.33. The predicted molar refractivity (Wildman–Crippen MR) is 50.7 cm³/mol. The largest absolute Gasteiger partial charge is 0.507 e. The molecule has 0 aromatic heterocycles. The van der Waals surface area contributed by atoms with E-state index in [0.29, 0.717) is 18.7 Å². The molecule has 1 aromatic carbocycles. The van der Waals surface area contributed by atoms with Crippen molar-refractivity contribution in [3.63, 3.8) is 0 Å². The maximum atomic E-state index is 9.54. The van der Waals surface area contributed by atoms with Gasteiger partial charge in [-0.05, 0) is 6.07 Å². The van der Waals surface area contributed by atoms with Gasteiger partial charge in [-0.25, -0.2) is 0 Å². The number of hydrogen-bond donors (Lipinski definition) is 2. The third kappa shape index (κ3) is 1.72. The fraction of sp³-hybridized carbons (Fsp3) is 0.400. The lowest BCUT2D eigenvalue weighted by Crippen LogP contribution is -2.21. The van der Waals surface area contributed by atoms with Gasteiger partial charge in [0.1, 0.15) is 5.75 Å². The second-order valence-corrected chi connectivity index (χ2v) is 3.22. The summed E-state index contributed by atoms with van der Waals surface area (Å²) in [7, 11) is 0. The first-order chi connectivity index (χ1) is 6.81. The zero-order chi connectivity index (χ0) is 9.97. The third-order valence-electron chi connectivity index (χ3n) is 2.20. The fourth-order valence-corrected chi connectivity index (χ4v) is 1.42. The Kier molecular flexibility index (Phi) is 2.67. The van der Waals surface area contributed by atoms with Gasteiger partial charge in [0.05, 0.1) is 12.7 Å². The summed E-state index contributed by atoms with van der Waals surface area (Å²) >= 11 is 0. The van der Waals surface area contributed by atoms with E-state index in [1.807, 2.05) is 6.07 Å². The summed E-state index contributed by atoms with van der Waals surface area (Å²) in [6.07, 6.45) is -0.552. The van der Waals surface area contributed by atoms with Crippen molar-refractivity contribution in [3.8, 4) is 5.75 Å². The van der Waals surface area contributed by atoms with E-state index in [1.54, 1.807) is 18.2 Å². The van der Waals surface area contributed by atoms with Crippen LogP contribution in [0.15, 0.2) is 24.3 Å². The van der Waals surface area contributed by atoms with Crippen LogP contribution in [-0.2, 0) is 9.47 Å². The van der Waals surface area contributed by atoms with Gasteiger partial charge < -0.3 is 20.3 Å². The molecule has 2 unspecified atom stereocenters. The van der Waals surface area contributed by atoms with Crippen molar-refractivity contribution >= 4 is 0 Å². The van der Waals surface area contributed by atoms with Crippen molar-refractivity contribution in [2.75, 3.05) is 13.2 Å². The molecule has 1 heterocycles. The highest BCUT2D eigenvalue weighted by Gasteiger charge is 2.27.